The van der Waals surface area contributed by atoms with Gasteiger partial charge in [0, 0.05) is 15.6 Å². The number of amides is 1. The highest BCUT2D eigenvalue weighted by Gasteiger charge is 2.16. The number of aliphatic imine (C=N–C) groups is 1. The quantitative estimate of drug-likeness (QED) is 0.658. The molecule has 0 heterocycles. The summed E-state index contributed by atoms with van der Waals surface area (Å²) in [5.41, 5.74) is 6.97. The number of anilines is 1. The van der Waals surface area contributed by atoms with Crippen LogP contribution in [0, 0.1) is 5.82 Å². The zero-order valence-corrected chi connectivity index (χ0v) is 14.4. The predicted molar refractivity (Wildman–Crippen MR) is 95.8 cm³/mol. The number of aliphatic hydroxyl groups excluding tert-OH is 1. The first-order valence-electron chi connectivity index (χ1n) is 7.27. The summed E-state index contributed by atoms with van der Waals surface area (Å²) in [6.45, 7) is -0.227. The van der Waals surface area contributed by atoms with E-state index in [1.165, 1.54) is 6.07 Å². The molecule has 0 unspecified atom stereocenters. The van der Waals surface area contributed by atoms with Crippen LogP contribution < -0.4 is 11.1 Å². The highest BCUT2D eigenvalue weighted by atomic mass is 79.9. The highest BCUT2D eigenvalue weighted by Crippen LogP contribution is 2.25. The van der Waals surface area contributed by atoms with Crippen LogP contribution >= 0.6 is 15.9 Å². The molecule has 4 N–H and O–H groups in total. The molecule has 0 spiro atoms. The van der Waals surface area contributed by atoms with Crippen LogP contribution in [0.15, 0.2) is 51.9 Å². The lowest BCUT2D eigenvalue weighted by molar-refractivity contribution is -0.114. The third-order valence-corrected chi connectivity index (χ3v) is 3.69. The van der Waals surface area contributed by atoms with Gasteiger partial charge < -0.3 is 16.2 Å². The SMILES string of the molecule is NCC(=O)Nc1ccc(Br)cc1C(=NCCO)c1ccccc1F. The lowest BCUT2D eigenvalue weighted by Crippen LogP contribution is -2.23. The Morgan fingerprint density at radius 2 is 2.00 bits per heavy atom. The van der Waals surface area contributed by atoms with Crippen molar-refractivity contribution in [2.24, 2.45) is 10.7 Å². The second-order valence-corrected chi connectivity index (χ2v) is 5.79. The molecule has 2 rings (SSSR count). The average molecular weight is 394 g/mol. The summed E-state index contributed by atoms with van der Waals surface area (Å²) in [4.78, 5) is 16.0. The maximum atomic E-state index is 14.3. The van der Waals surface area contributed by atoms with E-state index < -0.39 is 5.82 Å². The minimum Gasteiger partial charge on any atom is -0.394 e. The molecule has 24 heavy (non-hydrogen) atoms. The van der Waals surface area contributed by atoms with Gasteiger partial charge in [-0.1, -0.05) is 28.1 Å². The van der Waals surface area contributed by atoms with Crippen LogP contribution in [0.5, 0.6) is 0 Å². The van der Waals surface area contributed by atoms with Crippen LogP contribution in [0.2, 0.25) is 0 Å². The fourth-order valence-electron chi connectivity index (χ4n) is 2.15. The lowest BCUT2D eigenvalue weighted by Gasteiger charge is -2.15. The van der Waals surface area contributed by atoms with Crippen molar-refractivity contribution in [3.63, 3.8) is 0 Å². The standard InChI is InChI=1S/C17H17BrFN3O2/c18-11-5-6-15(22-16(24)10-20)13(9-11)17(21-7-8-23)12-3-1-2-4-14(12)19/h1-6,9,23H,7-8,10,20H2,(H,22,24). The molecule has 0 aliphatic heterocycles. The zero-order chi connectivity index (χ0) is 17.5. The van der Waals surface area contributed by atoms with Crippen LogP contribution in [-0.4, -0.2) is 36.4 Å². The minimum atomic E-state index is -0.440. The second-order valence-electron chi connectivity index (χ2n) is 4.88. The molecule has 0 aliphatic rings. The van der Waals surface area contributed by atoms with Crippen LogP contribution in [0.1, 0.15) is 11.1 Å². The number of halogens is 2. The molecule has 2 aromatic rings. The summed E-state index contributed by atoms with van der Waals surface area (Å²) in [5.74, 6) is -0.807. The summed E-state index contributed by atoms with van der Waals surface area (Å²) >= 11 is 3.37. The molecule has 0 bridgehead atoms. The first-order valence-corrected chi connectivity index (χ1v) is 8.06. The van der Waals surface area contributed by atoms with E-state index in [0.717, 1.165) is 4.47 Å². The van der Waals surface area contributed by atoms with Gasteiger partial charge in [-0.15, -0.1) is 0 Å². The zero-order valence-electron chi connectivity index (χ0n) is 12.8. The van der Waals surface area contributed by atoms with Crippen LogP contribution in [0.3, 0.4) is 0 Å². The van der Waals surface area contributed by atoms with E-state index in [9.17, 15) is 9.18 Å². The second kappa shape index (κ2) is 8.68. The molecule has 0 radical (unpaired) electrons. The molecule has 1 amide bonds. The van der Waals surface area contributed by atoms with E-state index in [1.807, 2.05) is 0 Å². The fourth-order valence-corrected chi connectivity index (χ4v) is 2.51. The minimum absolute atomic E-state index is 0.112. The van der Waals surface area contributed by atoms with Crippen LogP contribution in [0.25, 0.3) is 0 Å². The Balaban J connectivity index is 2.60. The van der Waals surface area contributed by atoms with Crippen molar-refractivity contribution >= 4 is 33.2 Å². The van der Waals surface area contributed by atoms with Crippen molar-refractivity contribution in [1.82, 2.24) is 0 Å². The Kier molecular flexibility index (Phi) is 6.60. The highest BCUT2D eigenvalue weighted by molar-refractivity contribution is 9.10. The number of rotatable bonds is 6. The van der Waals surface area contributed by atoms with E-state index >= 15 is 0 Å². The summed E-state index contributed by atoms with van der Waals surface area (Å²) in [7, 11) is 0. The summed E-state index contributed by atoms with van der Waals surface area (Å²) in [6.07, 6.45) is 0. The van der Waals surface area contributed by atoms with Gasteiger partial charge in [-0.3, -0.25) is 9.79 Å². The van der Waals surface area contributed by atoms with Gasteiger partial charge in [0.15, 0.2) is 0 Å². The van der Waals surface area contributed by atoms with Gasteiger partial charge in [-0.25, -0.2) is 4.39 Å². The van der Waals surface area contributed by atoms with Gasteiger partial charge in [0.25, 0.3) is 0 Å². The first-order chi connectivity index (χ1) is 11.6. The lowest BCUT2D eigenvalue weighted by atomic mass is 9.99. The Bertz CT molecular complexity index is 765. The number of hydrogen-bond donors (Lipinski definition) is 3. The smallest absolute Gasteiger partial charge is 0.238 e. The van der Waals surface area contributed by atoms with Crippen molar-refractivity contribution in [2.75, 3.05) is 25.0 Å². The number of nitrogens with one attached hydrogen (secondary N) is 1. The predicted octanol–water partition coefficient (Wildman–Crippen LogP) is 2.32. The molecular formula is C17H17BrFN3O2. The topological polar surface area (TPSA) is 87.7 Å². The van der Waals surface area contributed by atoms with E-state index in [1.54, 1.807) is 36.4 Å². The Morgan fingerprint density at radius 3 is 2.67 bits per heavy atom. The van der Waals surface area contributed by atoms with Crippen molar-refractivity contribution in [1.29, 1.82) is 0 Å². The van der Waals surface area contributed by atoms with Gasteiger partial charge in [0.05, 0.1) is 31.1 Å². The largest absolute Gasteiger partial charge is 0.394 e. The van der Waals surface area contributed by atoms with Crippen molar-refractivity contribution in [3.8, 4) is 0 Å². The van der Waals surface area contributed by atoms with Crippen LogP contribution in [0.4, 0.5) is 10.1 Å². The van der Waals surface area contributed by atoms with Crippen molar-refractivity contribution in [3.05, 3.63) is 63.9 Å². The Labute approximate surface area is 147 Å². The molecule has 0 aliphatic carbocycles. The molecule has 0 saturated carbocycles. The normalized spacial score (nSPS) is 11.4. The van der Waals surface area contributed by atoms with Gasteiger partial charge in [0.2, 0.25) is 5.91 Å². The molecule has 7 heteroatoms. The molecule has 0 aromatic heterocycles. The Hall–Kier alpha value is -2.09. The third kappa shape index (κ3) is 4.47. The van der Waals surface area contributed by atoms with E-state index in [-0.39, 0.29) is 31.2 Å². The molecule has 126 valence electrons. The number of carbonyl (C=O) groups excluding carboxylic acids is 1. The van der Waals surface area contributed by atoms with Gasteiger partial charge in [-0.05, 0) is 30.3 Å². The maximum Gasteiger partial charge on any atom is 0.238 e. The Morgan fingerprint density at radius 1 is 1.25 bits per heavy atom. The maximum absolute atomic E-state index is 14.3. The van der Waals surface area contributed by atoms with E-state index in [0.29, 0.717) is 17.0 Å². The van der Waals surface area contributed by atoms with Gasteiger partial charge >= 0.3 is 0 Å². The molecule has 0 fully saturated rings. The van der Waals surface area contributed by atoms with Crippen molar-refractivity contribution in [2.45, 2.75) is 0 Å². The summed E-state index contributed by atoms with van der Waals surface area (Å²) in [5, 5.41) is 11.8. The number of benzene rings is 2. The number of carbonyl (C=O) groups is 1. The summed E-state index contributed by atoms with van der Waals surface area (Å²) < 4.78 is 15.0. The molecule has 5 nitrogen and oxygen atoms in total. The summed E-state index contributed by atoms with van der Waals surface area (Å²) in [6, 6.07) is 11.4. The molecule has 0 atom stereocenters. The molecule has 2 aromatic carbocycles. The van der Waals surface area contributed by atoms with Gasteiger partial charge in [0.1, 0.15) is 5.82 Å². The molecule has 0 saturated heterocycles. The number of hydrogen-bond acceptors (Lipinski definition) is 4. The van der Waals surface area contributed by atoms with Crippen molar-refractivity contribution < 1.29 is 14.3 Å². The fraction of sp³-hybridized carbons (Fsp3) is 0.176. The number of aliphatic hydroxyl groups is 1. The first kappa shape index (κ1) is 18.3. The number of nitrogens with zero attached hydrogens (tertiary/aromatic N) is 1. The number of nitrogens with two attached hydrogens (primary N) is 1. The monoisotopic (exact) mass is 393 g/mol. The van der Waals surface area contributed by atoms with E-state index in [2.05, 4.69) is 26.2 Å². The van der Waals surface area contributed by atoms with E-state index in [4.69, 9.17) is 10.8 Å². The molecular weight excluding hydrogens is 377 g/mol. The van der Waals surface area contributed by atoms with Gasteiger partial charge in [-0.2, -0.15) is 0 Å². The average Bonchev–Trinajstić information content (AvgIpc) is 2.58. The van der Waals surface area contributed by atoms with Crippen LogP contribution in [-0.2, 0) is 4.79 Å². The third-order valence-electron chi connectivity index (χ3n) is 3.20.